The lowest BCUT2D eigenvalue weighted by molar-refractivity contribution is -0.143. The Morgan fingerprint density at radius 3 is 2.34 bits per heavy atom. The molecule has 2 aliphatic rings. The Morgan fingerprint density at radius 2 is 1.72 bits per heavy atom. The molecule has 5 nitrogen and oxygen atoms in total. The first-order valence-corrected chi connectivity index (χ1v) is 11.4. The van der Waals surface area contributed by atoms with Gasteiger partial charge in [-0.15, -0.1) is 11.8 Å². The molecule has 0 spiro atoms. The summed E-state index contributed by atoms with van der Waals surface area (Å²) in [5.74, 6) is -1.66. The van der Waals surface area contributed by atoms with Crippen molar-refractivity contribution in [1.29, 1.82) is 0 Å². The van der Waals surface area contributed by atoms with Crippen molar-refractivity contribution in [2.24, 2.45) is 11.8 Å². The average Bonchev–Trinajstić information content (AvgIpc) is 3.27. The van der Waals surface area contributed by atoms with Crippen LogP contribution in [0.25, 0.3) is 11.1 Å². The third-order valence-corrected chi connectivity index (χ3v) is 7.76. The van der Waals surface area contributed by atoms with Crippen molar-refractivity contribution in [2.45, 2.75) is 23.0 Å². The van der Waals surface area contributed by atoms with Crippen LogP contribution in [-0.2, 0) is 9.59 Å². The molecule has 3 atom stereocenters. The summed E-state index contributed by atoms with van der Waals surface area (Å²) in [5.41, 5.74) is 2.27. The van der Waals surface area contributed by atoms with Gasteiger partial charge >= 0.3 is 5.97 Å². The fourth-order valence-corrected chi connectivity index (χ4v) is 6.18. The third-order valence-electron chi connectivity index (χ3n) is 5.52. The number of carbonyl (C=O) groups excluding carboxylic acids is 2. The van der Waals surface area contributed by atoms with Crippen LogP contribution in [0.1, 0.15) is 12.8 Å². The van der Waals surface area contributed by atoms with Gasteiger partial charge in [0.05, 0.1) is 11.7 Å². The van der Waals surface area contributed by atoms with Crippen LogP contribution in [0.5, 0.6) is 0 Å². The van der Waals surface area contributed by atoms with E-state index in [0.29, 0.717) is 6.42 Å². The summed E-state index contributed by atoms with van der Waals surface area (Å²) in [6, 6.07) is 18.3. The van der Waals surface area contributed by atoms with Crippen LogP contribution in [0.3, 0.4) is 0 Å². The Balaban J connectivity index is 1.45. The van der Waals surface area contributed by atoms with Gasteiger partial charge in [0.25, 0.3) is 5.24 Å². The van der Waals surface area contributed by atoms with Crippen molar-refractivity contribution in [3.8, 4) is 11.1 Å². The molecule has 3 unspecified atom stereocenters. The molecule has 2 fully saturated rings. The molecule has 0 aromatic heterocycles. The second-order valence-electron chi connectivity index (χ2n) is 7.31. The number of benzene rings is 2. The fraction of sp³-hybridized carbons (Fsp3) is 0.318. The molecule has 1 N–H and O–H groups in total. The number of hydrogen-bond acceptors (Lipinski definition) is 5. The monoisotopic (exact) mass is 427 g/mol. The molecule has 29 heavy (non-hydrogen) atoms. The number of amides is 2. The number of hydrogen-bond donors (Lipinski definition) is 1. The highest BCUT2D eigenvalue weighted by Crippen LogP contribution is 2.43. The van der Waals surface area contributed by atoms with Gasteiger partial charge in [0, 0.05) is 16.7 Å². The maximum atomic E-state index is 12.0. The number of thioether (sulfide) groups is 2. The number of rotatable bonds is 6. The average molecular weight is 428 g/mol. The molecule has 1 aliphatic carbocycles. The van der Waals surface area contributed by atoms with Crippen molar-refractivity contribution in [3.63, 3.8) is 0 Å². The minimum absolute atomic E-state index is 0.0689. The van der Waals surface area contributed by atoms with Crippen molar-refractivity contribution < 1.29 is 19.5 Å². The molecule has 1 saturated heterocycles. The number of carbonyl (C=O) groups is 3. The van der Waals surface area contributed by atoms with E-state index in [2.05, 4.69) is 24.3 Å². The smallest absolute Gasteiger partial charge is 0.307 e. The van der Waals surface area contributed by atoms with E-state index in [-0.39, 0.29) is 34.6 Å². The van der Waals surface area contributed by atoms with Crippen LogP contribution in [0, 0.1) is 11.8 Å². The normalized spacial score (nSPS) is 24.3. The molecule has 2 aromatic carbocycles. The Bertz CT molecular complexity index is 900. The lowest BCUT2D eigenvalue weighted by Gasteiger charge is -2.24. The second-order valence-corrected chi connectivity index (χ2v) is 9.55. The highest BCUT2D eigenvalue weighted by atomic mass is 32.2. The zero-order valence-corrected chi connectivity index (χ0v) is 17.3. The Kier molecular flexibility index (Phi) is 5.96. The summed E-state index contributed by atoms with van der Waals surface area (Å²) in [5, 5.41) is 9.50. The molecule has 2 amide bonds. The van der Waals surface area contributed by atoms with E-state index in [0.717, 1.165) is 34.2 Å². The number of nitrogens with zero attached hydrogens (tertiary/aromatic N) is 1. The maximum absolute atomic E-state index is 12.0. The largest absolute Gasteiger partial charge is 0.481 e. The first-order valence-electron chi connectivity index (χ1n) is 9.55. The SMILES string of the molecule is O=C(O)C1C(CN2C(=O)CSC2=O)CCC1Sc1ccc(-c2ccccc2)cc1. The zero-order chi connectivity index (χ0) is 20.4. The van der Waals surface area contributed by atoms with E-state index in [4.69, 9.17) is 0 Å². The molecule has 150 valence electrons. The number of aliphatic carboxylic acids is 1. The summed E-state index contributed by atoms with van der Waals surface area (Å²) in [6.45, 7) is 0.214. The summed E-state index contributed by atoms with van der Waals surface area (Å²) in [7, 11) is 0. The number of imide groups is 1. The standard InChI is InChI=1S/C22H21NO4S2/c24-19-13-28-22(27)23(19)12-16-8-11-18(20(16)21(25)26)29-17-9-6-15(7-10-17)14-4-2-1-3-5-14/h1-7,9-10,16,18,20H,8,11-13H2,(H,25,26). The predicted molar refractivity (Wildman–Crippen MR) is 115 cm³/mol. The molecular formula is C22H21NO4S2. The van der Waals surface area contributed by atoms with Gasteiger partial charge in [0.15, 0.2) is 0 Å². The van der Waals surface area contributed by atoms with Crippen LogP contribution in [0.2, 0.25) is 0 Å². The number of carboxylic acid groups (broad SMARTS) is 1. The molecule has 0 bridgehead atoms. The lowest BCUT2D eigenvalue weighted by Crippen LogP contribution is -2.38. The lowest BCUT2D eigenvalue weighted by atomic mass is 9.95. The number of carboxylic acids is 1. The van der Waals surface area contributed by atoms with Gasteiger partial charge in [-0.2, -0.15) is 0 Å². The summed E-state index contributed by atoms with van der Waals surface area (Å²) >= 11 is 2.57. The van der Waals surface area contributed by atoms with Crippen molar-refractivity contribution in [1.82, 2.24) is 4.90 Å². The Morgan fingerprint density at radius 1 is 1.03 bits per heavy atom. The van der Waals surface area contributed by atoms with Crippen LogP contribution in [0.15, 0.2) is 59.5 Å². The van der Waals surface area contributed by atoms with E-state index in [1.165, 1.54) is 4.90 Å². The molecule has 4 rings (SSSR count). The van der Waals surface area contributed by atoms with Crippen molar-refractivity contribution in [3.05, 3.63) is 54.6 Å². The third kappa shape index (κ3) is 4.36. The van der Waals surface area contributed by atoms with E-state index in [1.54, 1.807) is 11.8 Å². The molecule has 1 aliphatic heterocycles. The zero-order valence-electron chi connectivity index (χ0n) is 15.7. The second kappa shape index (κ2) is 8.63. The molecule has 7 heteroatoms. The van der Waals surface area contributed by atoms with Gasteiger partial charge in [-0.25, -0.2) is 0 Å². The summed E-state index contributed by atoms with van der Waals surface area (Å²) < 4.78 is 0. The van der Waals surface area contributed by atoms with Gasteiger partial charge in [0.2, 0.25) is 5.91 Å². The molecule has 1 saturated carbocycles. The quantitative estimate of drug-likeness (QED) is 0.725. The topological polar surface area (TPSA) is 74.7 Å². The van der Waals surface area contributed by atoms with Crippen LogP contribution in [-0.4, -0.2) is 44.7 Å². The minimum atomic E-state index is -0.849. The van der Waals surface area contributed by atoms with Gasteiger partial charge in [-0.3, -0.25) is 19.3 Å². The molecular weight excluding hydrogens is 406 g/mol. The van der Waals surface area contributed by atoms with E-state index in [9.17, 15) is 19.5 Å². The Hall–Kier alpha value is -2.25. The van der Waals surface area contributed by atoms with Gasteiger partial charge < -0.3 is 5.11 Å². The molecule has 1 heterocycles. The Labute approximate surface area is 177 Å². The van der Waals surface area contributed by atoms with Gasteiger partial charge in [-0.05, 0) is 42.0 Å². The van der Waals surface area contributed by atoms with Crippen LogP contribution >= 0.6 is 23.5 Å². The predicted octanol–water partition coefficient (Wildman–Crippen LogP) is 4.62. The molecule has 2 aromatic rings. The van der Waals surface area contributed by atoms with E-state index >= 15 is 0 Å². The highest BCUT2D eigenvalue weighted by Gasteiger charge is 2.44. The van der Waals surface area contributed by atoms with Crippen LogP contribution in [0.4, 0.5) is 4.79 Å². The molecule has 0 radical (unpaired) electrons. The van der Waals surface area contributed by atoms with Crippen LogP contribution < -0.4 is 0 Å². The summed E-state index contributed by atoms with van der Waals surface area (Å²) in [6.07, 6.45) is 1.47. The van der Waals surface area contributed by atoms with Crippen molar-refractivity contribution >= 4 is 40.6 Å². The highest BCUT2D eigenvalue weighted by molar-refractivity contribution is 8.14. The fourth-order valence-electron chi connectivity index (χ4n) is 4.06. The first-order chi connectivity index (χ1) is 14.0. The minimum Gasteiger partial charge on any atom is -0.481 e. The first kappa shape index (κ1) is 20.0. The van der Waals surface area contributed by atoms with E-state index in [1.807, 2.05) is 30.3 Å². The summed E-state index contributed by atoms with van der Waals surface area (Å²) in [4.78, 5) is 38.0. The van der Waals surface area contributed by atoms with Gasteiger partial charge in [-0.1, -0.05) is 54.2 Å². The maximum Gasteiger partial charge on any atom is 0.307 e. The van der Waals surface area contributed by atoms with Crippen molar-refractivity contribution in [2.75, 3.05) is 12.3 Å². The van der Waals surface area contributed by atoms with Gasteiger partial charge in [0.1, 0.15) is 0 Å². The van der Waals surface area contributed by atoms with E-state index < -0.39 is 11.9 Å².